The molecule has 1 heterocycles. The van der Waals surface area contributed by atoms with E-state index >= 15 is 0 Å². The normalized spacial score (nSPS) is 13.2. The Morgan fingerprint density at radius 1 is 1.40 bits per heavy atom. The minimum Gasteiger partial charge on any atom is -0.409 e. The van der Waals surface area contributed by atoms with Crippen LogP contribution in [-0.2, 0) is 18.1 Å². The fourth-order valence-electron chi connectivity index (χ4n) is 0.912. The zero-order valence-electron chi connectivity index (χ0n) is 10.5. The van der Waals surface area contributed by atoms with Gasteiger partial charge in [-0.15, -0.1) is 0 Å². The van der Waals surface area contributed by atoms with Crippen LogP contribution in [0.4, 0.5) is 0 Å². The van der Waals surface area contributed by atoms with Crippen molar-refractivity contribution in [1.29, 1.82) is 0 Å². The number of nitrogens with zero attached hydrogens (tertiary/aromatic N) is 3. The third-order valence-corrected chi connectivity index (χ3v) is 7.49. The zero-order valence-corrected chi connectivity index (χ0v) is 11.5. The maximum Gasteiger partial charge on any atom is 0.192 e. The summed E-state index contributed by atoms with van der Waals surface area (Å²) in [6, 6.07) is 0. The van der Waals surface area contributed by atoms with E-state index in [1.54, 1.807) is 11.0 Å². The highest BCUT2D eigenvalue weighted by atomic mass is 28.4. The Morgan fingerprint density at radius 3 is 2.40 bits per heavy atom. The maximum absolute atomic E-state index is 5.99. The van der Waals surface area contributed by atoms with Crippen LogP contribution in [0.25, 0.3) is 0 Å². The summed E-state index contributed by atoms with van der Waals surface area (Å²) < 4.78 is 7.69. The predicted octanol–water partition coefficient (Wildman–Crippen LogP) is 2.34. The van der Waals surface area contributed by atoms with Gasteiger partial charge in [0.15, 0.2) is 14.1 Å². The summed E-state index contributed by atoms with van der Waals surface area (Å²) in [6.45, 7) is 11.7. The molecule has 0 amide bonds. The Kier molecular flexibility index (Phi) is 3.35. The lowest BCUT2D eigenvalue weighted by molar-refractivity contribution is 0.267. The SMILES string of the molecule is Cn1cnc(CO[Si](C)(C)C(C)(C)C)n1. The lowest BCUT2D eigenvalue weighted by Gasteiger charge is -2.35. The Bertz CT molecular complexity index is 328. The molecule has 0 atom stereocenters. The van der Waals surface area contributed by atoms with Gasteiger partial charge in [0.25, 0.3) is 0 Å². The van der Waals surface area contributed by atoms with Gasteiger partial charge in [0, 0.05) is 7.05 Å². The number of aromatic nitrogens is 3. The first-order valence-electron chi connectivity index (χ1n) is 5.21. The van der Waals surface area contributed by atoms with Crippen molar-refractivity contribution in [3.63, 3.8) is 0 Å². The van der Waals surface area contributed by atoms with Crippen molar-refractivity contribution in [2.45, 2.75) is 45.5 Å². The van der Waals surface area contributed by atoms with Crippen LogP contribution in [0, 0.1) is 0 Å². The van der Waals surface area contributed by atoms with E-state index in [2.05, 4.69) is 43.9 Å². The molecule has 0 spiro atoms. The molecule has 1 aromatic rings. The lowest BCUT2D eigenvalue weighted by Crippen LogP contribution is -2.40. The third kappa shape index (κ3) is 3.14. The van der Waals surface area contributed by atoms with Crippen LogP contribution in [0.15, 0.2) is 6.33 Å². The number of rotatable bonds is 3. The Morgan fingerprint density at radius 2 is 2.00 bits per heavy atom. The van der Waals surface area contributed by atoms with Crippen molar-refractivity contribution in [1.82, 2.24) is 14.8 Å². The smallest absolute Gasteiger partial charge is 0.192 e. The van der Waals surface area contributed by atoms with Gasteiger partial charge in [0.1, 0.15) is 6.33 Å². The van der Waals surface area contributed by atoms with Gasteiger partial charge in [0.2, 0.25) is 0 Å². The molecule has 86 valence electrons. The van der Waals surface area contributed by atoms with Gasteiger partial charge >= 0.3 is 0 Å². The monoisotopic (exact) mass is 227 g/mol. The average Bonchev–Trinajstić information content (AvgIpc) is 2.46. The van der Waals surface area contributed by atoms with Crippen LogP contribution in [0.5, 0.6) is 0 Å². The number of hydrogen-bond donors (Lipinski definition) is 0. The van der Waals surface area contributed by atoms with Gasteiger partial charge in [-0.3, -0.25) is 4.68 Å². The van der Waals surface area contributed by atoms with Gasteiger partial charge in [-0.2, -0.15) is 5.10 Å². The van der Waals surface area contributed by atoms with Crippen molar-refractivity contribution in [2.75, 3.05) is 0 Å². The van der Waals surface area contributed by atoms with Crippen LogP contribution in [-0.4, -0.2) is 23.1 Å². The van der Waals surface area contributed by atoms with Gasteiger partial charge in [-0.05, 0) is 18.1 Å². The molecule has 0 aromatic carbocycles. The molecule has 0 aliphatic rings. The van der Waals surface area contributed by atoms with Gasteiger partial charge in [-0.1, -0.05) is 20.8 Å². The van der Waals surface area contributed by atoms with Crippen LogP contribution in [0.1, 0.15) is 26.6 Å². The van der Waals surface area contributed by atoms with Crippen LogP contribution in [0.2, 0.25) is 18.1 Å². The lowest BCUT2D eigenvalue weighted by atomic mass is 10.2. The first-order valence-corrected chi connectivity index (χ1v) is 8.12. The molecular weight excluding hydrogens is 206 g/mol. The summed E-state index contributed by atoms with van der Waals surface area (Å²) in [7, 11) is 0.196. The van der Waals surface area contributed by atoms with Crippen molar-refractivity contribution in [3.8, 4) is 0 Å². The van der Waals surface area contributed by atoms with E-state index in [0.717, 1.165) is 5.82 Å². The van der Waals surface area contributed by atoms with Gasteiger partial charge in [-0.25, -0.2) is 4.98 Å². The molecule has 15 heavy (non-hydrogen) atoms. The fraction of sp³-hybridized carbons (Fsp3) is 0.800. The molecule has 0 saturated heterocycles. The number of aryl methyl sites for hydroxylation is 1. The summed E-state index contributed by atoms with van der Waals surface area (Å²) in [5.74, 6) is 0.766. The van der Waals surface area contributed by atoms with Gasteiger partial charge < -0.3 is 4.43 Å². The first kappa shape index (κ1) is 12.4. The van der Waals surface area contributed by atoms with Crippen molar-refractivity contribution >= 4 is 8.32 Å². The third-order valence-electron chi connectivity index (χ3n) is 3.02. The first-order chi connectivity index (χ1) is 6.72. The molecule has 0 fully saturated rings. The fourth-order valence-corrected chi connectivity index (χ4v) is 1.83. The molecule has 1 rings (SSSR count). The Balaban J connectivity index is 2.57. The second kappa shape index (κ2) is 4.06. The second-order valence-corrected chi connectivity index (χ2v) is 10.2. The zero-order chi connectivity index (χ0) is 11.7. The highest BCUT2D eigenvalue weighted by Crippen LogP contribution is 2.36. The molecule has 0 N–H and O–H groups in total. The second-order valence-electron chi connectivity index (χ2n) is 5.38. The van der Waals surface area contributed by atoms with E-state index < -0.39 is 8.32 Å². The van der Waals surface area contributed by atoms with E-state index in [1.807, 2.05) is 7.05 Å². The van der Waals surface area contributed by atoms with Crippen molar-refractivity contribution in [3.05, 3.63) is 12.2 Å². The summed E-state index contributed by atoms with van der Waals surface area (Å²) >= 11 is 0. The molecule has 0 unspecified atom stereocenters. The van der Waals surface area contributed by atoms with E-state index in [-0.39, 0.29) is 5.04 Å². The molecular formula is C10H21N3OSi. The van der Waals surface area contributed by atoms with Crippen LogP contribution >= 0.6 is 0 Å². The van der Waals surface area contributed by atoms with E-state index in [1.165, 1.54) is 0 Å². The topological polar surface area (TPSA) is 39.9 Å². The minimum atomic E-state index is -1.67. The molecule has 0 aliphatic carbocycles. The highest BCUT2D eigenvalue weighted by Gasteiger charge is 2.37. The molecule has 1 aromatic heterocycles. The predicted molar refractivity (Wildman–Crippen MR) is 63.0 cm³/mol. The number of hydrogen-bond acceptors (Lipinski definition) is 3. The molecule has 0 bridgehead atoms. The highest BCUT2D eigenvalue weighted by molar-refractivity contribution is 6.74. The largest absolute Gasteiger partial charge is 0.409 e. The summed E-state index contributed by atoms with van der Waals surface area (Å²) in [5, 5.41) is 4.44. The molecule has 5 heteroatoms. The average molecular weight is 227 g/mol. The van der Waals surface area contributed by atoms with Gasteiger partial charge in [0.05, 0.1) is 6.61 Å². The van der Waals surface area contributed by atoms with Crippen molar-refractivity contribution < 1.29 is 4.43 Å². The summed E-state index contributed by atoms with van der Waals surface area (Å²) in [6.07, 6.45) is 1.70. The Labute approximate surface area is 92.8 Å². The summed E-state index contributed by atoms with van der Waals surface area (Å²) in [4.78, 5) is 4.15. The van der Waals surface area contributed by atoms with Crippen LogP contribution in [0.3, 0.4) is 0 Å². The standard InChI is InChI=1S/C10H21N3OSi/c1-10(2,3)15(5,6)14-7-9-11-8-13(4)12-9/h8H,7H2,1-6H3. The molecule has 0 radical (unpaired) electrons. The quantitative estimate of drug-likeness (QED) is 0.744. The van der Waals surface area contributed by atoms with Crippen molar-refractivity contribution in [2.24, 2.45) is 7.05 Å². The maximum atomic E-state index is 5.99. The Hall–Kier alpha value is -0.683. The van der Waals surface area contributed by atoms with E-state index in [9.17, 15) is 0 Å². The molecule has 4 nitrogen and oxygen atoms in total. The minimum absolute atomic E-state index is 0.238. The van der Waals surface area contributed by atoms with Crippen LogP contribution < -0.4 is 0 Å². The van der Waals surface area contributed by atoms with E-state index in [4.69, 9.17) is 4.43 Å². The molecule has 0 saturated carbocycles. The summed E-state index contributed by atoms with van der Waals surface area (Å²) in [5.41, 5.74) is 0. The van der Waals surface area contributed by atoms with E-state index in [0.29, 0.717) is 6.61 Å². The molecule has 0 aliphatic heterocycles.